The van der Waals surface area contributed by atoms with E-state index in [1.54, 1.807) is 19.2 Å². The van der Waals surface area contributed by atoms with E-state index in [2.05, 4.69) is 22.5 Å². The minimum Gasteiger partial charge on any atom is -0.494 e. The molecule has 5 rings (SSSR count). The summed E-state index contributed by atoms with van der Waals surface area (Å²) < 4.78 is 12.9. The van der Waals surface area contributed by atoms with Gasteiger partial charge in [-0.25, -0.2) is 15.1 Å². The van der Waals surface area contributed by atoms with Crippen molar-refractivity contribution in [3.8, 4) is 22.8 Å². The van der Waals surface area contributed by atoms with E-state index < -0.39 is 0 Å². The number of carbonyl (C=O) groups is 1. The lowest BCUT2D eigenvalue weighted by atomic mass is 10.0. The lowest BCUT2D eigenvalue weighted by Gasteiger charge is -2.13. The van der Waals surface area contributed by atoms with Crippen molar-refractivity contribution in [1.82, 2.24) is 20.2 Å². The number of hydrogen-bond acceptors (Lipinski definition) is 7. The molecule has 1 N–H and O–H groups in total. The van der Waals surface area contributed by atoms with Crippen molar-refractivity contribution in [2.45, 2.75) is 45.6 Å². The second kappa shape index (κ2) is 11.9. The predicted octanol–water partition coefficient (Wildman–Crippen LogP) is 4.50. The smallest absolute Gasteiger partial charge is 0.266 e. The number of ether oxygens (including phenoxy) is 2. The van der Waals surface area contributed by atoms with Gasteiger partial charge < -0.3 is 9.47 Å². The molecule has 1 aliphatic heterocycles. The van der Waals surface area contributed by atoms with E-state index in [1.807, 2.05) is 48.5 Å². The number of fused-ring (bicyclic) bond motifs is 1. The molecule has 0 saturated heterocycles. The van der Waals surface area contributed by atoms with Crippen LogP contribution in [-0.2, 0) is 17.8 Å². The van der Waals surface area contributed by atoms with Crippen LogP contribution in [0.4, 0.5) is 0 Å². The third-order valence-electron chi connectivity index (χ3n) is 6.73. The second-order valence-electron chi connectivity index (χ2n) is 9.32. The van der Waals surface area contributed by atoms with Crippen LogP contribution in [0.25, 0.3) is 22.2 Å². The van der Waals surface area contributed by atoms with Gasteiger partial charge >= 0.3 is 0 Å². The molecular formula is C30H31N5O4. The molecule has 0 saturated carbocycles. The standard InChI is InChI=1S/C30H31N5O4/c1-3-21-8-11-24-23(12-15-27(38-2)30(24)31-21)26-14-17-29(37)35(34-26)18-4-5-19-39-22-9-6-20(7-10-22)25-13-16-28(36)33-32-25/h6-12,14-15,17H,3-5,13,16,18-19H2,1-2H3,(H,33,36). The highest BCUT2D eigenvalue weighted by Crippen LogP contribution is 2.32. The number of nitrogens with zero attached hydrogens (tertiary/aromatic N) is 4. The van der Waals surface area contributed by atoms with Gasteiger partial charge in [0, 0.05) is 42.1 Å². The maximum atomic E-state index is 12.5. The Morgan fingerprint density at radius 3 is 2.54 bits per heavy atom. The van der Waals surface area contributed by atoms with E-state index in [1.165, 1.54) is 4.68 Å². The Bertz CT molecular complexity index is 1580. The van der Waals surface area contributed by atoms with Crippen LogP contribution in [0.15, 0.2) is 70.6 Å². The van der Waals surface area contributed by atoms with Gasteiger partial charge in [-0.2, -0.15) is 10.2 Å². The first-order valence-corrected chi connectivity index (χ1v) is 13.2. The highest BCUT2D eigenvalue weighted by Gasteiger charge is 2.14. The fourth-order valence-corrected chi connectivity index (χ4v) is 4.55. The van der Waals surface area contributed by atoms with Gasteiger partial charge in [-0.05, 0) is 73.4 Å². The molecule has 1 amide bonds. The third kappa shape index (κ3) is 5.98. The van der Waals surface area contributed by atoms with Crippen molar-refractivity contribution in [1.29, 1.82) is 0 Å². The quantitative estimate of drug-likeness (QED) is 0.306. The van der Waals surface area contributed by atoms with Crippen LogP contribution in [0.5, 0.6) is 11.5 Å². The fourth-order valence-electron chi connectivity index (χ4n) is 4.55. The number of carbonyl (C=O) groups excluding carboxylic acids is 1. The molecule has 2 aromatic carbocycles. The van der Waals surface area contributed by atoms with E-state index in [0.717, 1.165) is 58.4 Å². The molecule has 0 aliphatic carbocycles. The maximum Gasteiger partial charge on any atom is 0.266 e. The zero-order valence-electron chi connectivity index (χ0n) is 22.1. The topological polar surface area (TPSA) is 108 Å². The Morgan fingerprint density at radius 1 is 0.949 bits per heavy atom. The van der Waals surface area contributed by atoms with Crippen molar-refractivity contribution < 1.29 is 14.3 Å². The number of nitrogens with one attached hydrogen (secondary N) is 1. The summed E-state index contributed by atoms with van der Waals surface area (Å²) >= 11 is 0. The number of aromatic nitrogens is 3. The van der Waals surface area contributed by atoms with E-state index >= 15 is 0 Å². The molecule has 200 valence electrons. The first-order chi connectivity index (χ1) is 19.1. The van der Waals surface area contributed by atoms with Gasteiger partial charge in [0.05, 0.1) is 25.1 Å². The summed E-state index contributed by atoms with van der Waals surface area (Å²) in [6, 6.07) is 18.9. The lowest BCUT2D eigenvalue weighted by molar-refractivity contribution is -0.121. The normalized spacial score (nSPS) is 13.2. The molecule has 0 atom stereocenters. The second-order valence-corrected chi connectivity index (χ2v) is 9.32. The van der Waals surface area contributed by atoms with Crippen LogP contribution in [0, 0.1) is 0 Å². The zero-order chi connectivity index (χ0) is 27.2. The van der Waals surface area contributed by atoms with Crippen LogP contribution in [0.1, 0.15) is 43.9 Å². The third-order valence-corrected chi connectivity index (χ3v) is 6.73. The Morgan fingerprint density at radius 2 is 1.79 bits per heavy atom. The maximum absolute atomic E-state index is 12.5. The molecule has 0 unspecified atom stereocenters. The van der Waals surface area contributed by atoms with Gasteiger partial charge in [0.25, 0.3) is 5.56 Å². The van der Waals surface area contributed by atoms with Crippen molar-refractivity contribution >= 4 is 22.5 Å². The molecule has 0 fully saturated rings. The Balaban J connectivity index is 1.21. The summed E-state index contributed by atoms with van der Waals surface area (Å²) in [5.41, 5.74) is 7.62. The summed E-state index contributed by atoms with van der Waals surface area (Å²) in [6.07, 6.45) is 3.43. The highest BCUT2D eigenvalue weighted by atomic mass is 16.5. The highest BCUT2D eigenvalue weighted by molar-refractivity contribution is 6.04. The van der Waals surface area contributed by atoms with Gasteiger partial charge in [-0.3, -0.25) is 9.59 Å². The van der Waals surface area contributed by atoms with Gasteiger partial charge in [0.2, 0.25) is 5.91 Å². The molecule has 39 heavy (non-hydrogen) atoms. The lowest BCUT2D eigenvalue weighted by Crippen LogP contribution is -2.25. The van der Waals surface area contributed by atoms with E-state index in [-0.39, 0.29) is 11.5 Å². The first kappa shape index (κ1) is 26.1. The molecule has 4 aromatic rings. The molecule has 0 spiro atoms. The van der Waals surface area contributed by atoms with Crippen LogP contribution in [0.3, 0.4) is 0 Å². The Kier molecular flexibility index (Phi) is 7.96. The van der Waals surface area contributed by atoms with Gasteiger partial charge in [0.15, 0.2) is 0 Å². The molecule has 9 nitrogen and oxygen atoms in total. The SMILES string of the molecule is CCc1ccc2c(-c3ccc(=O)n(CCCCOc4ccc(C5=NNC(=O)CC5)cc4)n3)ccc(OC)c2n1. The van der Waals surface area contributed by atoms with Crippen LogP contribution in [-0.4, -0.2) is 40.1 Å². The summed E-state index contributed by atoms with van der Waals surface area (Å²) in [5, 5.41) is 9.72. The van der Waals surface area contributed by atoms with Crippen LogP contribution < -0.4 is 20.5 Å². The number of methoxy groups -OCH3 is 1. The van der Waals surface area contributed by atoms with Crippen LogP contribution in [0.2, 0.25) is 0 Å². The van der Waals surface area contributed by atoms with Crippen molar-refractivity contribution in [3.63, 3.8) is 0 Å². The van der Waals surface area contributed by atoms with Crippen molar-refractivity contribution in [2.24, 2.45) is 5.10 Å². The monoisotopic (exact) mass is 525 g/mol. The molecule has 1 aliphatic rings. The minimum absolute atomic E-state index is 0.0556. The number of benzene rings is 2. The number of hydrogen-bond donors (Lipinski definition) is 1. The number of pyridine rings is 1. The average molecular weight is 526 g/mol. The largest absolute Gasteiger partial charge is 0.494 e. The molecule has 3 heterocycles. The van der Waals surface area contributed by atoms with E-state index in [4.69, 9.17) is 14.5 Å². The first-order valence-electron chi connectivity index (χ1n) is 13.2. The fraction of sp³-hybridized carbons (Fsp3) is 0.300. The molecule has 2 aromatic heterocycles. The molecular weight excluding hydrogens is 494 g/mol. The number of unbranched alkanes of at least 4 members (excludes halogenated alkanes) is 1. The molecule has 0 bridgehead atoms. The summed E-state index contributed by atoms with van der Waals surface area (Å²) in [7, 11) is 1.64. The summed E-state index contributed by atoms with van der Waals surface area (Å²) in [6.45, 7) is 3.09. The molecule has 9 heteroatoms. The number of aryl methyl sites for hydroxylation is 2. The van der Waals surface area contributed by atoms with Gasteiger partial charge in [0.1, 0.15) is 17.0 Å². The van der Waals surface area contributed by atoms with Gasteiger partial charge in [-0.1, -0.05) is 13.0 Å². The van der Waals surface area contributed by atoms with Crippen molar-refractivity contribution in [2.75, 3.05) is 13.7 Å². The number of rotatable bonds is 10. The van der Waals surface area contributed by atoms with Crippen molar-refractivity contribution in [3.05, 3.63) is 82.3 Å². The minimum atomic E-state index is -0.138. The van der Waals surface area contributed by atoms with E-state index in [0.29, 0.717) is 37.4 Å². The van der Waals surface area contributed by atoms with Gasteiger partial charge in [-0.15, -0.1) is 0 Å². The summed E-state index contributed by atoms with van der Waals surface area (Å²) in [5.74, 6) is 1.42. The molecule has 0 radical (unpaired) electrons. The average Bonchev–Trinajstić information content (AvgIpc) is 2.98. The Labute approximate surface area is 226 Å². The van der Waals surface area contributed by atoms with Crippen LogP contribution >= 0.6 is 0 Å². The predicted molar refractivity (Wildman–Crippen MR) is 150 cm³/mol. The number of hydrazone groups is 1. The number of amides is 1. The van der Waals surface area contributed by atoms with E-state index in [9.17, 15) is 9.59 Å². The summed E-state index contributed by atoms with van der Waals surface area (Å²) in [4.78, 5) is 28.6. The zero-order valence-corrected chi connectivity index (χ0v) is 22.1. The Hall–Kier alpha value is -4.53.